The van der Waals surface area contributed by atoms with Crippen LogP contribution < -0.4 is 5.11 Å². The van der Waals surface area contributed by atoms with Crippen LogP contribution in [0, 0.1) is 10.1 Å². The van der Waals surface area contributed by atoms with Crippen molar-refractivity contribution in [2.75, 3.05) is 0 Å². The second kappa shape index (κ2) is 5.19. The monoisotopic (exact) mass is 310 g/mol. The Morgan fingerprint density at radius 3 is 2.57 bits per heavy atom. The highest BCUT2D eigenvalue weighted by atomic mass is 16.6. The highest BCUT2D eigenvalue weighted by molar-refractivity contribution is 5.93. The third-order valence-electron chi connectivity index (χ3n) is 4.76. The molecule has 0 N–H and O–H groups in total. The summed E-state index contributed by atoms with van der Waals surface area (Å²) in [6.45, 7) is 6.67. The molecule has 118 valence electrons. The van der Waals surface area contributed by atoms with Crippen LogP contribution in [0.2, 0.25) is 0 Å². The second-order valence-corrected chi connectivity index (χ2v) is 6.36. The molecule has 1 aliphatic heterocycles. The molecule has 0 aliphatic carbocycles. The van der Waals surface area contributed by atoms with Gasteiger partial charge in [-0.1, -0.05) is 30.0 Å². The molecule has 2 aromatic carbocycles. The Kier molecular flexibility index (Phi) is 3.43. The van der Waals surface area contributed by atoms with Gasteiger partial charge in [-0.2, -0.15) is 4.58 Å². The lowest BCUT2D eigenvalue weighted by Crippen LogP contribution is -2.26. The number of hydrogen-bond acceptors (Lipinski definition) is 3. The van der Waals surface area contributed by atoms with Crippen molar-refractivity contribution >= 4 is 17.1 Å². The van der Waals surface area contributed by atoms with Crippen molar-refractivity contribution in [3.05, 3.63) is 63.7 Å². The van der Waals surface area contributed by atoms with Gasteiger partial charge in [0.05, 0.1) is 10.3 Å². The molecule has 0 radical (unpaired) electrons. The average Bonchev–Trinajstić information content (AvgIpc) is 2.70. The summed E-state index contributed by atoms with van der Waals surface area (Å²) in [5.41, 5.74) is 3.65. The van der Waals surface area contributed by atoms with Crippen LogP contribution in [0.25, 0.3) is 0 Å². The van der Waals surface area contributed by atoms with Crippen molar-refractivity contribution in [1.29, 1.82) is 0 Å². The van der Waals surface area contributed by atoms with Gasteiger partial charge in [-0.3, -0.25) is 10.1 Å². The number of nitro benzene ring substituents is 1. The molecule has 0 bridgehead atoms. The van der Waals surface area contributed by atoms with Crippen LogP contribution in [-0.4, -0.2) is 15.2 Å². The number of benzene rings is 2. The lowest BCUT2D eigenvalue weighted by molar-refractivity contribution is -0.458. The molecule has 0 saturated carbocycles. The Labute approximate surface area is 134 Å². The van der Waals surface area contributed by atoms with Crippen molar-refractivity contribution in [2.45, 2.75) is 32.7 Å². The SMILES string of the molecule is CC1=[N+](Cc2cc([N+](=O)[O-])ccc2[O-])c2ccccc2C1(C)C. The van der Waals surface area contributed by atoms with E-state index in [0.717, 1.165) is 11.4 Å². The minimum atomic E-state index is -0.471. The molecule has 3 rings (SSSR count). The van der Waals surface area contributed by atoms with Crippen molar-refractivity contribution in [2.24, 2.45) is 0 Å². The number of hydrogen-bond donors (Lipinski definition) is 0. The summed E-state index contributed by atoms with van der Waals surface area (Å²) < 4.78 is 2.08. The normalized spacial score (nSPS) is 15.6. The van der Waals surface area contributed by atoms with Crippen LogP contribution in [0.4, 0.5) is 11.4 Å². The average molecular weight is 310 g/mol. The van der Waals surface area contributed by atoms with E-state index >= 15 is 0 Å². The predicted molar refractivity (Wildman–Crippen MR) is 86.3 cm³/mol. The molecule has 2 aromatic rings. The molecule has 0 aromatic heterocycles. The van der Waals surface area contributed by atoms with Gasteiger partial charge >= 0.3 is 0 Å². The second-order valence-electron chi connectivity index (χ2n) is 6.36. The molecule has 1 aliphatic rings. The van der Waals surface area contributed by atoms with E-state index in [-0.39, 0.29) is 16.9 Å². The molecule has 0 fully saturated rings. The predicted octanol–water partition coefficient (Wildman–Crippen LogP) is 3.26. The van der Waals surface area contributed by atoms with Gasteiger partial charge in [-0.15, -0.1) is 0 Å². The molecule has 0 unspecified atom stereocenters. The van der Waals surface area contributed by atoms with Crippen molar-refractivity contribution in [3.8, 4) is 5.75 Å². The number of para-hydroxylation sites is 1. The van der Waals surface area contributed by atoms with Gasteiger partial charge in [0.2, 0.25) is 5.69 Å². The Balaban J connectivity index is 2.09. The summed E-state index contributed by atoms with van der Waals surface area (Å²) in [5.74, 6) is -0.175. The summed E-state index contributed by atoms with van der Waals surface area (Å²) in [6.07, 6.45) is 0. The molecule has 0 spiro atoms. The van der Waals surface area contributed by atoms with Crippen molar-refractivity contribution in [3.63, 3.8) is 0 Å². The van der Waals surface area contributed by atoms with E-state index in [2.05, 4.69) is 24.5 Å². The maximum Gasteiger partial charge on any atom is 0.269 e. The van der Waals surface area contributed by atoms with E-state index in [0.29, 0.717) is 12.1 Å². The van der Waals surface area contributed by atoms with Crippen LogP contribution in [0.3, 0.4) is 0 Å². The zero-order chi connectivity index (χ0) is 16.8. The van der Waals surface area contributed by atoms with E-state index in [9.17, 15) is 15.2 Å². The van der Waals surface area contributed by atoms with Gasteiger partial charge in [0.25, 0.3) is 5.69 Å². The topological polar surface area (TPSA) is 69.2 Å². The van der Waals surface area contributed by atoms with E-state index in [1.807, 2.05) is 25.1 Å². The minimum Gasteiger partial charge on any atom is -0.872 e. The van der Waals surface area contributed by atoms with Crippen LogP contribution in [0.15, 0.2) is 42.5 Å². The van der Waals surface area contributed by atoms with Crippen LogP contribution in [0.5, 0.6) is 5.75 Å². The third kappa shape index (κ3) is 2.38. The highest BCUT2D eigenvalue weighted by Gasteiger charge is 2.42. The Morgan fingerprint density at radius 1 is 1.17 bits per heavy atom. The Hall–Kier alpha value is -2.69. The fraction of sp³-hybridized carbons (Fsp3) is 0.278. The van der Waals surface area contributed by atoms with Crippen molar-refractivity contribution < 1.29 is 14.6 Å². The molecule has 5 nitrogen and oxygen atoms in total. The first kappa shape index (κ1) is 15.2. The highest BCUT2D eigenvalue weighted by Crippen LogP contribution is 2.40. The molecule has 1 heterocycles. The van der Waals surface area contributed by atoms with Gasteiger partial charge in [0, 0.05) is 36.2 Å². The van der Waals surface area contributed by atoms with Gasteiger partial charge in [0.1, 0.15) is 0 Å². The van der Waals surface area contributed by atoms with E-state index in [4.69, 9.17) is 0 Å². The first-order valence-electron chi connectivity index (χ1n) is 7.48. The fourth-order valence-electron chi connectivity index (χ4n) is 3.13. The molecular formula is C18H18N2O3. The third-order valence-corrected chi connectivity index (χ3v) is 4.76. The van der Waals surface area contributed by atoms with Crippen LogP contribution in [-0.2, 0) is 12.0 Å². The Morgan fingerprint density at radius 2 is 1.87 bits per heavy atom. The molecular weight excluding hydrogens is 292 g/mol. The van der Waals surface area contributed by atoms with Gasteiger partial charge in [-0.05, 0) is 13.8 Å². The largest absolute Gasteiger partial charge is 0.872 e. The van der Waals surface area contributed by atoms with Gasteiger partial charge < -0.3 is 5.11 Å². The number of fused-ring (bicyclic) bond motifs is 1. The van der Waals surface area contributed by atoms with E-state index in [1.165, 1.54) is 23.8 Å². The van der Waals surface area contributed by atoms with Gasteiger partial charge in [0.15, 0.2) is 12.3 Å². The lowest BCUT2D eigenvalue weighted by atomic mass is 9.82. The Bertz CT molecular complexity index is 838. The summed E-state index contributed by atoms with van der Waals surface area (Å²) >= 11 is 0. The number of nitro groups is 1. The van der Waals surface area contributed by atoms with Gasteiger partial charge in [-0.25, -0.2) is 0 Å². The lowest BCUT2D eigenvalue weighted by Gasteiger charge is -2.14. The smallest absolute Gasteiger partial charge is 0.269 e. The number of rotatable bonds is 3. The molecule has 5 heteroatoms. The summed E-state index contributed by atoms with van der Waals surface area (Å²) in [7, 11) is 0. The summed E-state index contributed by atoms with van der Waals surface area (Å²) in [4.78, 5) is 10.5. The molecule has 0 saturated heterocycles. The maximum atomic E-state index is 12.1. The van der Waals surface area contributed by atoms with Crippen molar-refractivity contribution in [1.82, 2.24) is 0 Å². The van der Waals surface area contributed by atoms with E-state index < -0.39 is 4.92 Å². The zero-order valence-corrected chi connectivity index (χ0v) is 13.4. The van der Waals surface area contributed by atoms with E-state index in [1.54, 1.807) is 0 Å². The van der Waals surface area contributed by atoms with Crippen LogP contribution >= 0.6 is 0 Å². The molecule has 23 heavy (non-hydrogen) atoms. The minimum absolute atomic E-state index is 0.0519. The summed E-state index contributed by atoms with van der Waals surface area (Å²) in [5, 5.41) is 23.1. The molecule has 0 amide bonds. The number of nitrogens with zero attached hydrogens (tertiary/aromatic N) is 2. The fourth-order valence-corrected chi connectivity index (χ4v) is 3.13. The number of non-ortho nitro benzene ring substituents is 1. The first-order chi connectivity index (χ1) is 10.8. The summed E-state index contributed by atoms with van der Waals surface area (Å²) in [6, 6.07) is 12.0. The first-order valence-corrected chi connectivity index (χ1v) is 7.48. The zero-order valence-electron chi connectivity index (χ0n) is 13.4. The maximum absolute atomic E-state index is 12.1. The quantitative estimate of drug-likeness (QED) is 0.496. The van der Waals surface area contributed by atoms with Crippen LogP contribution in [0.1, 0.15) is 31.9 Å². The standard InChI is InChI=1S/C18H18N2O3/c1-12-18(2,3)15-6-4-5-7-16(15)19(12)11-13-10-14(20(22)23)8-9-17(13)21/h4-10H,11H2,1-3H3. The molecule has 0 atom stereocenters.